The summed E-state index contributed by atoms with van der Waals surface area (Å²) in [5.74, 6) is -1.04. The molecule has 0 unspecified atom stereocenters. The first-order valence-corrected chi connectivity index (χ1v) is 5.83. The van der Waals surface area contributed by atoms with E-state index in [1.807, 2.05) is 6.07 Å². The first kappa shape index (κ1) is 13.1. The average molecular weight is 276 g/mol. The van der Waals surface area contributed by atoms with Crippen LogP contribution in [0.2, 0.25) is 5.02 Å². The molecule has 1 heterocycles. The molecule has 0 amide bonds. The minimum atomic E-state index is -1.04. The lowest BCUT2D eigenvalue weighted by molar-refractivity contribution is 0.0695. The number of aromatic nitrogens is 2. The Kier molecular flexibility index (Phi) is 3.28. The molecule has 1 aromatic heterocycles. The molecule has 5 nitrogen and oxygen atoms in total. The maximum Gasteiger partial charge on any atom is 0.339 e. The molecular weight excluding hydrogens is 266 g/mol. The van der Waals surface area contributed by atoms with Gasteiger partial charge in [-0.05, 0) is 32.0 Å². The van der Waals surface area contributed by atoms with Crippen molar-refractivity contribution < 1.29 is 9.90 Å². The fourth-order valence-electron chi connectivity index (χ4n) is 1.96. The minimum Gasteiger partial charge on any atom is -0.478 e. The summed E-state index contributed by atoms with van der Waals surface area (Å²) < 4.78 is 1.43. The van der Waals surface area contributed by atoms with Gasteiger partial charge in [-0.2, -0.15) is 10.4 Å². The van der Waals surface area contributed by atoms with Gasteiger partial charge in [0.2, 0.25) is 0 Å². The number of rotatable bonds is 2. The topological polar surface area (TPSA) is 78.9 Å². The van der Waals surface area contributed by atoms with Crippen LogP contribution in [-0.2, 0) is 0 Å². The van der Waals surface area contributed by atoms with Crippen molar-refractivity contribution in [3.05, 3.63) is 45.7 Å². The molecule has 0 saturated heterocycles. The van der Waals surface area contributed by atoms with Crippen LogP contribution >= 0.6 is 11.6 Å². The number of hydrogen-bond donors (Lipinski definition) is 1. The van der Waals surface area contributed by atoms with Gasteiger partial charge < -0.3 is 5.11 Å². The Bertz CT molecular complexity index is 713. The molecule has 0 aliphatic rings. The monoisotopic (exact) mass is 275 g/mol. The third kappa shape index (κ3) is 2.18. The van der Waals surface area contributed by atoms with Gasteiger partial charge in [-0.3, -0.25) is 0 Å². The molecule has 1 aromatic carbocycles. The highest BCUT2D eigenvalue weighted by Crippen LogP contribution is 2.23. The predicted octanol–water partition coefficient (Wildman–Crippen LogP) is 2.71. The summed E-state index contributed by atoms with van der Waals surface area (Å²) in [6, 6.07) is 6.81. The summed E-state index contributed by atoms with van der Waals surface area (Å²) in [4.78, 5) is 11.2. The highest BCUT2D eigenvalue weighted by atomic mass is 35.5. The number of hydrogen-bond acceptors (Lipinski definition) is 3. The number of benzene rings is 1. The second kappa shape index (κ2) is 4.75. The molecule has 19 heavy (non-hydrogen) atoms. The van der Waals surface area contributed by atoms with E-state index < -0.39 is 5.97 Å². The van der Waals surface area contributed by atoms with Crippen molar-refractivity contribution in [2.75, 3.05) is 0 Å². The van der Waals surface area contributed by atoms with Gasteiger partial charge in [0.05, 0.1) is 22.6 Å². The summed E-state index contributed by atoms with van der Waals surface area (Å²) in [5, 5.41) is 22.9. The summed E-state index contributed by atoms with van der Waals surface area (Å²) in [6.45, 7) is 3.26. The van der Waals surface area contributed by atoms with Gasteiger partial charge >= 0.3 is 5.97 Å². The van der Waals surface area contributed by atoms with E-state index >= 15 is 0 Å². The smallest absolute Gasteiger partial charge is 0.339 e. The molecule has 0 saturated carbocycles. The quantitative estimate of drug-likeness (QED) is 0.914. The molecule has 6 heteroatoms. The number of carboxylic acid groups (broad SMARTS) is 1. The lowest BCUT2D eigenvalue weighted by atomic mass is 10.1. The van der Waals surface area contributed by atoms with Crippen LogP contribution in [0, 0.1) is 25.2 Å². The van der Waals surface area contributed by atoms with Gasteiger partial charge in [-0.25, -0.2) is 9.48 Å². The number of aryl methyl sites for hydroxylation is 1. The van der Waals surface area contributed by atoms with Crippen molar-refractivity contribution >= 4 is 17.6 Å². The van der Waals surface area contributed by atoms with Crippen LogP contribution in [0.15, 0.2) is 18.2 Å². The Morgan fingerprint density at radius 2 is 2.16 bits per heavy atom. The Morgan fingerprint density at radius 1 is 1.47 bits per heavy atom. The van der Waals surface area contributed by atoms with E-state index in [0.29, 0.717) is 27.7 Å². The lowest BCUT2D eigenvalue weighted by Gasteiger charge is -2.07. The van der Waals surface area contributed by atoms with Gasteiger partial charge in [0.25, 0.3) is 0 Å². The normalized spacial score (nSPS) is 10.2. The van der Waals surface area contributed by atoms with Crippen molar-refractivity contribution in [3.63, 3.8) is 0 Å². The average Bonchev–Trinajstić information content (AvgIpc) is 2.64. The molecule has 0 aliphatic carbocycles. The predicted molar refractivity (Wildman–Crippen MR) is 69.7 cm³/mol. The number of halogens is 1. The van der Waals surface area contributed by atoms with Crippen molar-refractivity contribution in [2.24, 2.45) is 0 Å². The molecule has 0 radical (unpaired) electrons. The Balaban J connectivity index is 2.74. The number of aromatic carboxylic acids is 1. The number of nitriles is 1. The second-order valence-electron chi connectivity index (χ2n) is 4.04. The van der Waals surface area contributed by atoms with E-state index in [2.05, 4.69) is 5.10 Å². The SMILES string of the molecule is Cc1nn(-c2cc(Cl)ccc2C#N)c(C)c1C(=O)O. The summed E-state index contributed by atoms with van der Waals surface area (Å²) >= 11 is 5.92. The molecule has 0 aliphatic heterocycles. The molecular formula is C13H10ClN3O2. The van der Waals surface area contributed by atoms with Crippen molar-refractivity contribution in [1.82, 2.24) is 9.78 Å². The van der Waals surface area contributed by atoms with Gasteiger partial charge in [-0.15, -0.1) is 0 Å². The Morgan fingerprint density at radius 3 is 2.68 bits per heavy atom. The standard InChI is InChI=1S/C13H10ClN3O2/c1-7-12(13(18)19)8(2)17(16-7)11-5-10(14)4-3-9(11)6-15/h3-5H,1-2H3,(H,18,19). The third-order valence-corrected chi connectivity index (χ3v) is 3.05. The maximum absolute atomic E-state index is 11.2. The number of nitrogens with zero attached hydrogens (tertiary/aromatic N) is 3. The van der Waals surface area contributed by atoms with E-state index in [4.69, 9.17) is 22.0 Å². The van der Waals surface area contributed by atoms with E-state index in [0.717, 1.165) is 0 Å². The van der Waals surface area contributed by atoms with E-state index in [9.17, 15) is 4.79 Å². The van der Waals surface area contributed by atoms with Crippen LogP contribution in [0.3, 0.4) is 0 Å². The van der Waals surface area contributed by atoms with Crippen LogP contribution in [0.25, 0.3) is 5.69 Å². The molecule has 0 fully saturated rings. The van der Waals surface area contributed by atoms with Crippen LogP contribution in [0.5, 0.6) is 0 Å². The van der Waals surface area contributed by atoms with Crippen LogP contribution < -0.4 is 0 Å². The van der Waals surface area contributed by atoms with Crippen LogP contribution in [0.4, 0.5) is 0 Å². The highest BCUT2D eigenvalue weighted by Gasteiger charge is 2.20. The summed E-state index contributed by atoms with van der Waals surface area (Å²) in [7, 11) is 0. The van der Waals surface area contributed by atoms with Crippen molar-refractivity contribution in [3.8, 4) is 11.8 Å². The maximum atomic E-state index is 11.2. The molecule has 2 rings (SSSR count). The van der Waals surface area contributed by atoms with E-state index in [1.165, 1.54) is 4.68 Å². The molecule has 0 atom stereocenters. The lowest BCUT2D eigenvalue weighted by Crippen LogP contribution is -2.04. The van der Waals surface area contributed by atoms with Crippen LogP contribution in [-0.4, -0.2) is 20.9 Å². The van der Waals surface area contributed by atoms with Crippen molar-refractivity contribution in [1.29, 1.82) is 5.26 Å². The van der Waals surface area contributed by atoms with Gasteiger partial charge in [0.15, 0.2) is 0 Å². The van der Waals surface area contributed by atoms with Crippen LogP contribution in [0.1, 0.15) is 27.3 Å². The first-order chi connectivity index (χ1) is 8.95. The zero-order valence-electron chi connectivity index (χ0n) is 10.3. The van der Waals surface area contributed by atoms with Crippen molar-refractivity contribution in [2.45, 2.75) is 13.8 Å². The first-order valence-electron chi connectivity index (χ1n) is 5.45. The fourth-order valence-corrected chi connectivity index (χ4v) is 2.13. The summed E-state index contributed by atoms with van der Waals surface area (Å²) in [6.07, 6.45) is 0. The van der Waals surface area contributed by atoms with Gasteiger partial charge in [0, 0.05) is 5.02 Å². The zero-order valence-corrected chi connectivity index (χ0v) is 11.1. The fraction of sp³-hybridized carbons (Fsp3) is 0.154. The molecule has 2 aromatic rings. The minimum absolute atomic E-state index is 0.142. The van der Waals surface area contributed by atoms with Gasteiger partial charge in [-0.1, -0.05) is 11.6 Å². The Labute approximate surface area is 114 Å². The number of carbonyl (C=O) groups is 1. The number of carboxylic acids is 1. The molecule has 96 valence electrons. The molecule has 1 N–H and O–H groups in total. The third-order valence-electron chi connectivity index (χ3n) is 2.81. The highest BCUT2D eigenvalue weighted by molar-refractivity contribution is 6.30. The largest absolute Gasteiger partial charge is 0.478 e. The van der Waals surface area contributed by atoms with E-state index in [-0.39, 0.29) is 5.56 Å². The second-order valence-corrected chi connectivity index (χ2v) is 4.47. The molecule has 0 spiro atoms. The molecule has 0 bridgehead atoms. The van der Waals surface area contributed by atoms with E-state index in [1.54, 1.807) is 32.0 Å². The Hall–Kier alpha value is -2.32. The zero-order chi connectivity index (χ0) is 14.2. The van der Waals surface area contributed by atoms with Gasteiger partial charge in [0.1, 0.15) is 11.6 Å². The summed E-state index contributed by atoms with van der Waals surface area (Å²) in [5.41, 5.74) is 1.86.